The molecule has 0 fully saturated rings. The normalized spacial score (nSPS) is 14.7. The van der Waals surface area contributed by atoms with E-state index in [0.29, 0.717) is 31.6 Å². The summed E-state index contributed by atoms with van der Waals surface area (Å²) in [6, 6.07) is 0. The van der Waals surface area contributed by atoms with E-state index in [1.807, 2.05) is 0 Å². The first-order chi connectivity index (χ1) is 41.1. The number of carbonyl (C=O) groups excluding carboxylic acids is 4. The van der Waals surface area contributed by atoms with Crippen molar-refractivity contribution < 1.29 is 80.2 Å². The molecule has 86 heavy (non-hydrogen) atoms. The summed E-state index contributed by atoms with van der Waals surface area (Å²) >= 11 is 0. The van der Waals surface area contributed by atoms with Crippen LogP contribution in [0, 0.1) is 23.7 Å². The van der Waals surface area contributed by atoms with Gasteiger partial charge in [-0.05, 0) is 49.4 Å². The van der Waals surface area contributed by atoms with E-state index < -0.39 is 97.5 Å². The largest absolute Gasteiger partial charge is 0.472 e. The maximum atomic E-state index is 13.0. The maximum absolute atomic E-state index is 13.0. The topological polar surface area (TPSA) is 237 Å². The van der Waals surface area contributed by atoms with Crippen LogP contribution in [0.5, 0.6) is 0 Å². The van der Waals surface area contributed by atoms with Crippen LogP contribution in [0.1, 0.15) is 325 Å². The maximum Gasteiger partial charge on any atom is 0.472 e. The van der Waals surface area contributed by atoms with Gasteiger partial charge in [-0.2, -0.15) is 0 Å². The van der Waals surface area contributed by atoms with Gasteiger partial charge < -0.3 is 33.8 Å². The summed E-state index contributed by atoms with van der Waals surface area (Å²) in [5.74, 6) is 0.789. The van der Waals surface area contributed by atoms with Crippen LogP contribution >= 0.6 is 15.6 Å². The van der Waals surface area contributed by atoms with Gasteiger partial charge in [-0.15, -0.1) is 0 Å². The second-order valence-electron chi connectivity index (χ2n) is 25.9. The number of phosphoric ester groups is 2. The van der Waals surface area contributed by atoms with E-state index in [1.165, 1.54) is 122 Å². The highest BCUT2D eigenvalue weighted by Crippen LogP contribution is 2.45. The van der Waals surface area contributed by atoms with E-state index >= 15 is 0 Å². The minimum Gasteiger partial charge on any atom is -0.462 e. The number of hydrogen-bond donors (Lipinski definition) is 3. The van der Waals surface area contributed by atoms with Crippen molar-refractivity contribution in [1.29, 1.82) is 0 Å². The third-order valence-corrected chi connectivity index (χ3v) is 17.6. The average molecular weight is 1270 g/mol. The highest BCUT2D eigenvalue weighted by atomic mass is 31.2. The van der Waals surface area contributed by atoms with E-state index in [-0.39, 0.29) is 25.7 Å². The first-order valence-corrected chi connectivity index (χ1v) is 37.7. The van der Waals surface area contributed by atoms with Crippen LogP contribution in [-0.4, -0.2) is 96.7 Å². The van der Waals surface area contributed by atoms with Crippen LogP contribution in [0.15, 0.2) is 0 Å². The molecule has 0 aliphatic rings. The van der Waals surface area contributed by atoms with Gasteiger partial charge in [-0.25, -0.2) is 9.13 Å². The molecular weight excluding hydrogens is 1140 g/mol. The number of rotatable bonds is 64. The number of ether oxygens (including phenoxy) is 4. The molecule has 3 N–H and O–H groups in total. The number of aliphatic hydroxyl groups is 1. The molecule has 17 nitrogen and oxygen atoms in total. The van der Waals surface area contributed by atoms with Crippen molar-refractivity contribution in [2.24, 2.45) is 23.7 Å². The van der Waals surface area contributed by atoms with Crippen LogP contribution in [0.2, 0.25) is 0 Å². The molecule has 0 aromatic carbocycles. The molecule has 0 saturated carbocycles. The van der Waals surface area contributed by atoms with E-state index in [4.69, 9.17) is 37.0 Å². The first kappa shape index (κ1) is 84.1. The molecule has 0 heterocycles. The van der Waals surface area contributed by atoms with E-state index in [9.17, 15) is 43.2 Å². The molecule has 0 radical (unpaired) electrons. The quantitative estimate of drug-likeness (QED) is 0.0222. The van der Waals surface area contributed by atoms with Crippen molar-refractivity contribution in [3.63, 3.8) is 0 Å². The Hall–Kier alpha value is -1.94. The number of aliphatic hydroxyl groups excluding tert-OH is 1. The molecule has 0 saturated heterocycles. The van der Waals surface area contributed by atoms with Gasteiger partial charge in [-0.1, -0.05) is 274 Å². The van der Waals surface area contributed by atoms with Crippen LogP contribution < -0.4 is 0 Å². The van der Waals surface area contributed by atoms with Crippen molar-refractivity contribution in [3.05, 3.63) is 0 Å². The summed E-state index contributed by atoms with van der Waals surface area (Å²) < 4.78 is 68.1. The Morgan fingerprint density at radius 3 is 0.826 bits per heavy atom. The van der Waals surface area contributed by atoms with Crippen LogP contribution in [0.25, 0.3) is 0 Å². The Morgan fingerprint density at radius 1 is 0.326 bits per heavy atom. The van der Waals surface area contributed by atoms with Gasteiger partial charge in [0.15, 0.2) is 12.2 Å². The zero-order valence-corrected chi connectivity index (χ0v) is 57.7. The lowest BCUT2D eigenvalue weighted by molar-refractivity contribution is -0.161. The number of phosphoric acid groups is 2. The summed E-state index contributed by atoms with van der Waals surface area (Å²) in [6.45, 7) is 14.0. The van der Waals surface area contributed by atoms with Gasteiger partial charge >= 0.3 is 39.5 Å². The highest BCUT2D eigenvalue weighted by Gasteiger charge is 2.30. The van der Waals surface area contributed by atoms with Gasteiger partial charge in [0.25, 0.3) is 0 Å². The van der Waals surface area contributed by atoms with Crippen molar-refractivity contribution >= 4 is 39.5 Å². The standard InChI is InChI=1S/C67H130O17P2/c1-9-60(8)46-38-30-25-26-32-40-48-65(70)78-54-63(84-67(72)50-42-34-24-18-21-29-37-45-59(6)7)56-82-86(75,76)80-52-61(68)51-79-85(73,74)81-55-62(83-66(71)49-41-33-23-17-16-20-28-36-44-58(4)5)53-77-64(69)47-39-31-22-15-13-11-10-12-14-19-27-35-43-57(2)3/h57-63,68H,9-56H2,1-8H3,(H,73,74)(H,75,76)/t60?,61-,62-,63-/m1/s1. The van der Waals surface area contributed by atoms with Crippen LogP contribution in [0.3, 0.4) is 0 Å². The molecule has 0 spiro atoms. The Morgan fingerprint density at radius 2 is 0.558 bits per heavy atom. The van der Waals surface area contributed by atoms with Crippen molar-refractivity contribution in [2.45, 2.75) is 343 Å². The molecule has 0 aromatic heterocycles. The van der Waals surface area contributed by atoms with Gasteiger partial charge in [0.05, 0.1) is 26.4 Å². The van der Waals surface area contributed by atoms with Gasteiger partial charge in [0.2, 0.25) is 0 Å². The molecular formula is C67H130O17P2. The van der Waals surface area contributed by atoms with Crippen molar-refractivity contribution in [3.8, 4) is 0 Å². The zero-order chi connectivity index (χ0) is 63.9. The molecule has 0 rings (SSSR count). The summed E-state index contributed by atoms with van der Waals surface area (Å²) in [5, 5.41) is 10.6. The molecule has 3 unspecified atom stereocenters. The molecule has 0 aliphatic heterocycles. The molecule has 0 aliphatic carbocycles. The lowest BCUT2D eigenvalue weighted by atomic mass is 10.00. The third-order valence-electron chi connectivity index (χ3n) is 15.7. The molecule has 6 atom stereocenters. The van der Waals surface area contributed by atoms with E-state index in [0.717, 1.165) is 114 Å². The monoisotopic (exact) mass is 1270 g/mol. The summed E-state index contributed by atoms with van der Waals surface area (Å²) in [7, 11) is -9.90. The van der Waals surface area contributed by atoms with Gasteiger partial charge in [0, 0.05) is 25.7 Å². The lowest BCUT2D eigenvalue weighted by Gasteiger charge is -2.21. The predicted octanol–water partition coefficient (Wildman–Crippen LogP) is 18.5. The Kier molecular flexibility index (Phi) is 55.7. The smallest absolute Gasteiger partial charge is 0.462 e. The fourth-order valence-electron chi connectivity index (χ4n) is 9.93. The summed E-state index contributed by atoms with van der Waals surface area (Å²) in [4.78, 5) is 72.3. The fourth-order valence-corrected chi connectivity index (χ4v) is 11.5. The number of hydrogen-bond acceptors (Lipinski definition) is 15. The first-order valence-electron chi connectivity index (χ1n) is 34.7. The second kappa shape index (κ2) is 57.0. The average Bonchev–Trinajstić information content (AvgIpc) is 3.49. The number of carbonyl (C=O) groups is 4. The van der Waals surface area contributed by atoms with E-state index in [1.54, 1.807) is 0 Å². The van der Waals surface area contributed by atoms with Crippen molar-refractivity contribution in [2.75, 3.05) is 39.6 Å². The van der Waals surface area contributed by atoms with E-state index in [2.05, 4.69) is 55.4 Å². The van der Waals surface area contributed by atoms with Gasteiger partial charge in [0.1, 0.15) is 19.3 Å². The Bertz CT molecular complexity index is 1720. The van der Waals surface area contributed by atoms with Crippen LogP contribution in [0.4, 0.5) is 0 Å². The molecule has 0 amide bonds. The Balaban J connectivity index is 5.24. The minimum atomic E-state index is -4.95. The molecule has 19 heteroatoms. The second-order valence-corrected chi connectivity index (χ2v) is 28.8. The number of esters is 4. The summed E-state index contributed by atoms with van der Waals surface area (Å²) in [5.41, 5.74) is 0. The van der Waals surface area contributed by atoms with Gasteiger partial charge in [-0.3, -0.25) is 37.3 Å². The fraction of sp³-hybridized carbons (Fsp3) is 0.940. The Labute approximate surface area is 524 Å². The zero-order valence-electron chi connectivity index (χ0n) is 55.9. The molecule has 0 bridgehead atoms. The molecule has 510 valence electrons. The summed E-state index contributed by atoms with van der Waals surface area (Å²) in [6.07, 6.45) is 37.7. The van der Waals surface area contributed by atoms with Crippen molar-refractivity contribution in [1.82, 2.24) is 0 Å². The SMILES string of the molecule is CCC(C)CCCCCCCCC(=O)OC[C@H](COP(=O)(O)OC[C@H](O)COP(=O)(O)OC[C@@H](COC(=O)CCCCCCCCCCCCCCC(C)C)OC(=O)CCCCCCCCCCC(C)C)OC(=O)CCCCCCCCCC(C)C. The lowest BCUT2D eigenvalue weighted by Crippen LogP contribution is -2.30. The number of unbranched alkanes of at least 4 members (excludes halogenated alkanes) is 29. The van der Waals surface area contributed by atoms with Crippen LogP contribution in [-0.2, 0) is 65.4 Å². The predicted molar refractivity (Wildman–Crippen MR) is 344 cm³/mol. The third kappa shape index (κ3) is 59.7. The highest BCUT2D eigenvalue weighted by molar-refractivity contribution is 7.47. The molecule has 0 aromatic rings. The minimum absolute atomic E-state index is 0.102.